The van der Waals surface area contributed by atoms with Crippen LogP contribution in [0, 0.1) is 0 Å². The van der Waals surface area contributed by atoms with E-state index >= 15 is 0 Å². The number of carbonyl (C=O) groups excluding carboxylic acids is 1. The number of nitrogens with zero attached hydrogens (tertiary/aromatic N) is 1. The molecule has 1 aromatic carbocycles. The van der Waals surface area contributed by atoms with Gasteiger partial charge in [0.1, 0.15) is 0 Å². The topological polar surface area (TPSA) is 53.2 Å². The van der Waals surface area contributed by atoms with Crippen molar-refractivity contribution in [3.8, 4) is 0 Å². The Kier molecular flexibility index (Phi) is 2.91. The number of hydrogen-bond acceptors (Lipinski definition) is 2. The summed E-state index contributed by atoms with van der Waals surface area (Å²) in [7, 11) is -0.755. The summed E-state index contributed by atoms with van der Waals surface area (Å²) in [6.45, 7) is 1.17. The molecule has 2 aromatic rings. The van der Waals surface area contributed by atoms with Gasteiger partial charge in [0.05, 0.1) is 11.1 Å². The number of amides is 1. The monoisotopic (exact) mass is 262 g/mol. The molecule has 0 saturated carbocycles. The van der Waals surface area contributed by atoms with E-state index < -0.39 is 10.8 Å². The molecular weight excluding hydrogens is 248 g/mol. The molecule has 0 unspecified atom stereocenters. The first-order valence-electron chi connectivity index (χ1n) is 5.96. The van der Waals surface area contributed by atoms with Crippen molar-refractivity contribution in [2.45, 2.75) is 0 Å². The summed E-state index contributed by atoms with van der Waals surface area (Å²) in [6, 6.07) is 7.67. The fourth-order valence-corrected chi connectivity index (χ4v) is 3.33. The first-order valence-corrected chi connectivity index (χ1v) is 7.45. The molecule has 0 bridgehead atoms. The third-order valence-electron chi connectivity index (χ3n) is 3.28. The number of hydrogen-bond donors (Lipinski definition) is 1. The standard InChI is InChI=1S/C13H14N2O2S/c16-13(15-6-8-18(17)9-7-15)11-3-1-2-10-4-5-14-12(10)11/h1-5,14H,6-9H2. The number of aromatic amines is 1. The SMILES string of the molecule is O=C(c1cccc2cc[nH]c12)N1CCS(=O)CC1. The molecule has 1 aliphatic rings. The molecule has 1 aromatic heterocycles. The Labute approximate surface area is 107 Å². The molecule has 1 saturated heterocycles. The molecule has 5 heteroatoms. The fourth-order valence-electron chi connectivity index (χ4n) is 2.27. The average molecular weight is 262 g/mol. The maximum atomic E-state index is 12.4. The van der Waals surface area contributed by atoms with Crippen LogP contribution in [-0.4, -0.2) is 44.6 Å². The van der Waals surface area contributed by atoms with Crippen LogP contribution in [0.5, 0.6) is 0 Å². The van der Waals surface area contributed by atoms with Crippen molar-refractivity contribution < 1.29 is 9.00 Å². The van der Waals surface area contributed by atoms with Gasteiger partial charge in [0.25, 0.3) is 5.91 Å². The van der Waals surface area contributed by atoms with Gasteiger partial charge in [0.2, 0.25) is 0 Å². The summed E-state index contributed by atoms with van der Waals surface area (Å²) in [6.07, 6.45) is 1.84. The largest absolute Gasteiger partial charge is 0.361 e. The summed E-state index contributed by atoms with van der Waals surface area (Å²) >= 11 is 0. The lowest BCUT2D eigenvalue weighted by molar-refractivity contribution is 0.0773. The van der Waals surface area contributed by atoms with E-state index in [-0.39, 0.29) is 5.91 Å². The number of carbonyl (C=O) groups is 1. The van der Waals surface area contributed by atoms with Crippen LogP contribution in [0.3, 0.4) is 0 Å². The van der Waals surface area contributed by atoms with E-state index in [9.17, 15) is 9.00 Å². The minimum atomic E-state index is -0.755. The Morgan fingerprint density at radius 2 is 2.00 bits per heavy atom. The Bertz CT molecular complexity index is 610. The molecule has 0 aliphatic carbocycles. The molecule has 1 N–H and O–H groups in total. The Hall–Kier alpha value is -1.62. The first kappa shape index (κ1) is 11.5. The van der Waals surface area contributed by atoms with Gasteiger partial charge in [-0.05, 0) is 12.1 Å². The van der Waals surface area contributed by atoms with Gasteiger partial charge in [0, 0.05) is 47.0 Å². The van der Waals surface area contributed by atoms with Gasteiger partial charge >= 0.3 is 0 Å². The maximum Gasteiger partial charge on any atom is 0.256 e. The van der Waals surface area contributed by atoms with Crippen LogP contribution in [0.25, 0.3) is 10.9 Å². The van der Waals surface area contributed by atoms with Crippen LogP contribution >= 0.6 is 0 Å². The zero-order valence-electron chi connectivity index (χ0n) is 9.89. The second kappa shape index (κ2) is 4.57. The van der Waals surface area contributed by atoms with E-state index in [0.29, 0.717) is 30.2 Å². The van der Waals surface area contributed by atoms with Crippen LogP contribution in [0.2, 0.25) is 0 Å². The maximum absolute atomic E-state index is 12.4. The van der Waals surface area contributed by atoms with E-state index in [4.69, 9.17) is 0 Å². The number of para-hydroxylation sites is 1. The van der Waals surface area contributed by atoms with Gasteiger partial charge in [-0.15, -0.1) is 0 Å². The minimum absolute atomic E-state index is 0.0275. The van der Waals surface area contributed by atoms with Crippen molar-refractivity contribution in [3.05, 3.63) is 36.0 Å². The van der Waals surface area contributed by atoms with Crippen molar-refractivity contribution in [2.24, 2.45) is 0 Å². The smallest absolute Gasteiger partial charge is 0.256 e. The highest BCUT2D eigenvalue weighted by molar-refractivity contribution is 7.85. The number of fused-ring (bicyclic) bond motifs is 1. The predicted octanol–water partition coefficient (Wildman–Crippen LogP) is 1.37. The molecule has 94 valence electrons. The van der Waals surface area contributed by atoms with Crippen molar-refractivity contribution in [2.75, 3.05) is 24.6 Å². The number of rotatable bonds is 1. The highest BCUT2D eigenvalue weighted by Gasteiger charge is 2.22. The van der Waals surface area contributed by atoms with Gasteiger partial charge in [-0.2, -0.15) is 0 Å². The normalized spacial score (nSPS) is 17.2. The molecule has 0 atom stereocenters. The highest BCUT2D eigenvalue weighted by Crippen LogP contribution is 2.19. The molecule has 1 amide bonds. The molecule has 18 heavy (non-hydrogen) atoms. The lowest BCUT2D eigenvalue weighted by atomic mass is 10.1. The van der Waals surface area contributed by atoms with Gasteiger partial charge < -0.3 is 9.88 Å². The predicted molar refractivity (Wildman–Crippen MR) is 72.1 cm³/mol. The summed E-state index contributed by atoms with van der Waals surface area (Å²) < 4.78 is 11.3. The van der Waals surface area contributed by atoms with Gasteiger partial charge in [-0.25, -0.2) is 0 Å². The summed E-state index contributed by atoms with van der Waals surface area (Å²) in [5.41, 5.74) is 1.58. The Balaban J connectivity index is 1.92. The Morgan fingerprint density at radius 1 is 1.22 bits per heavy atom. The van der Waals surface area contributed by atoms with Crippen molar-refractivity contribution >= 4 is 27.6 Å². The van der Waals surface area contributed by atoms with E-state index in [2.05, 4.69) is 4.98 Å². The van der Waals surface area contributed by atoms with Crippen LogP contribution in [0.1, 0.15) is 10.4 Å². The van der Waals surface area contributed by atoms with Crippen LogP contribution in [-0.2, 0) is 10.8 Å². The molecule has 0 spiro atoms. The third-order valence-corrected chi connectivity index (χ3v) is 4.56. The zero-order valence-corrected chi connectivity index (χ0v) is 10.7. The first-order chi connectivity index (χ1) is 8.75. The lowest BCUT2D eigenvalue weighted by Gasteiger charge is -2.26. The highest BCUT2D eigenvalue weighted by atomic mass is 32.2. The number of aromatic nitrogens is 1. The van der Waals surface area contributed by atoms with E-state index in [1.807, 2.05) is 30.5 Å². The number of H-pyrrole nitrogens is 1. The second-order valence-corrected chi connectivity index (χ2v) is 6.08. The van der Waals surface area contributed by atoms with Gasteiger partial charge in [-0.3, -0.25) is 9.00 Å². The van der Waals surface area contributed by atoms with Gasteiger partial charge in [0.15, 0.2) is 0 Å². The van der Waals surface area contributed by atoms with Crippen molar-refractivity contribution in [1.82, 2.24) is 9.88 Å². The van der Waals surface area contributed by atoms with E-state index in [1.165, 1.54) is 0 Å². The lowest BCUT2D eigenvalue weighted by Crippen LogP contribution is -2.41. The number of nitrogens with one attached hydrogen (secondary N) is 1. The molecule has 4 nitrogen and oxygen atoms in total. The molecular formula is C13H14N2O2S. The van der Waals surface area contributed by atoms with E-state index in [0.717, 1.165) is 10.9 Å². The van der Waals surface area contributed by atoms with Gasteiger partial charge in [-0.1, -0.05) is 12.1 Å². The molecule has 2 heterocycles. The zero-order chi connectivity index (χ0) is 12.5. The Morgan fingerprint density at radius 3 is 2.78 bits per heavy atom. The van der Waals surface area contributed by atoms with Crippen LogP contribution in [0.4, 0.5) is 0 Å². The average Bonchev–Trinajstić information content (AvgIpc) is 2.87. The summed E-state index contributed by atoms with van der Waals surface area (Å²) in [5, 5.41) is 1.04. The molecule has 0 radical (unpaired) electrons. The minimum Gasteiger partial charge on any atom is -0.361 e. The van der Waals surface area contributed by atoms with Crippen LogP contribution in [0.15, 0.2) is 30.5 Å². The quantitative estimate of drug-likeness (QED) is 0.844. The van der Waals surface area contributed by atoms with Crippen molar-refractivity contribution in [3.63, 3.8) is 0 Å². The fraction of sp³-hybridized carbons (Fsp3) is 0.308. The second-order valence-electron chi connectivity index (χ2n) is 4.39. The molecule has 1 aliphatic heterocycles. The van der Waals surface area contributed by atoms with Crippen molar-refractivity contribution in [1.29, 1.82) is 0 Å². The molecule has 3 rings (SSSR count). The number of benzene rings is 1. The third kappa shape index (κ3) is 1.95. The summed E-state index contributed by atoms with van der Waals surface area (Å²) in [4.78, 5) is 17.3. The molecule has 1 fully saturated rings. The summed E-state index contributed by atoms with van der Waals surface area (Å²) in [5.74, 6) is 1.21. The van der Waals surface area contributed by atoms with Crippen LogP contribution < -0.4 is 0 Å². The van der Waals surface area contributed by atoms with E-state index in [1.54, 1.807) is 4.90 Å².